The van der Waals surface area contributed by atoms with Crippen LogP contribution in [0.25, 0.3) is 0 Å². The summed E-state index contributed by atoms with van der Waals surface area (Å²) in [5.41, 5.74) is 2.77. The molecule has 156 valence electrons. The summed E-state index contributed by atoms with van der Waals surface area (Å²) in [5.74, 6) is 0.262. The second-order valence-corrected chi connectivity index (χ2v) is 9.67. The van der Waals surface area contributed by atoms with E-state index in [-0.39, 0.29) is 12.3 Å². The van der Waals surface area contributed by atoms with Gasteiger partial charge in [0, 0.05) is 18.8 Å². The van der Waals surface area contributed by atoms with Gasteiger partial charge >= 0.3 is 0 Å². The Kier molecular flexibility index (Phi) is 7.09. The summed E-state index contributed by atoms with van der Waals surface area (Å²) >= 11 is 0. The zero-order valence-corrected chi connectivity index (χ0v) is 18.0. The second-order valence-electron chi connectivity index (χ2n) is 7.73. The Morgan fingerprint density at radius 1 is 1.03 bits per heavy atom. The number of sulfonamides is 1. The van der Waals surface area contributed by atoms with E-state index in [1.165, 1.54) is 0 Å². The van der Waals surface area contributed by atoms with Crippen LogP contribution in [0.4, 0.5) is 5.69 Å². The van der Waals surface area contributed by atoms with E-state index in [1.54, 1.807) is 28.6 Å². The summed E-state index contributed by atoms with van der Waals surface area (Å²) in [6.45, 7) is 5.44. The maximum absolute atomic E-state index is 12.7. The van der Waals surface area contributed by atoms with Gasteiger partial charge in [-0.05, 0) is 54.5 Å². The fourth-order valence-corrected chi connectivity index (χ4v) is 5.19. The van der Waals surface area contributed by atoms with Crippen molar-refractivity contribution in [3.8, 4) is 0 Å². The van der Waals surface area contributed by atoms with Crippen molar-refractivity contribution in [2.75, 3.05) is 18.4 Å². The van der Waals surface area contributed by atoms with Crippen LogP contribution in [0, 0.1) is 0 Å². The fraction of sp³-hybridized carbons (Fsp3) is 0.435. The van der Waals surface area contributed by atoms with Gasteiger partial charge in [-0.15, -0.1) is 0 Å². The Morgan fingerprint density at radius 2 is 1.69 bits per heavy atom. The van der Waals surface area contributed by atoms with Crippen LogP contribution in [0.15, 0.2) is 53.4 Å². The van der Waals surface area contributed by atoms with E-state index >= 15 is 0 Å². The van der Waals surface area contributed by atoms with Crippen molar-refractivity contribution in [3.05, 3.63) is 59.7 Å². The average Bonchev–Trinajstić information content (AvgIpc) is 2.74. The minimum atomic E-state index is -3.44. The van der Waals surface area contributed by atoms with Crippen molar-refractivity contribution in [1.29, 1.82) is 0 Å². The Hall–Kier alpha value is -2.18. The van der Waals surface area contributed by atoms with Gasteiger partial charge in [0.2, 0.25) is 15.9 Å². The fourth-order valence-electron chi connectivity index (χ4n) is 3.67. The van der Waals surface area contributed by atoms with Crippen molar-refractivity contribution >= 4 is 21.6 Å². The quantitative estimate of drug-likeness (QED) is 0.722. The number of nitrogens with zero attached hydrogens (tertiary/aromatic N) is 1. The topological polar surface area (TPSA) is 66.5 Å². The van der Waals surface area contributed by atoms with E-state index in [2.05, 4.69) is 19.2 Å². The van der Waals surface area contributed by atoms with Gasteiger partial charge in [0.05, 0.1) is 11.3 Å². The first kappa shape index (κ1) is 21.5. The van der Waals surface area contributed by atoms with E-state index in [9.17, 15) is 13.2 Å². The highest BCUT2D eigenvalue weighted by molar-refractivity contribution is 7.89. The minimum absolute atomic E-state index is 0.104. The molecule has 5 nitrogen and oxygen atoms in total. The molecule has 0 radical (unpaired) electrons. The molecule has 0 saturated carbocycles. The second kappa shape index (κ2) is 9.55. The average molecular weight is 415 g/mol. The lowest BCUT2D eigenvalue weighted by molar-refractivity contribution is -0.115. The van der Waals surface area contributed by atoms with Gasteiger partial charge in [0.1, 0.15) is 0 Å². The molecule has 0 aromatic heterocycles. The third kappa shape index (κ3) is 5.25. The number of nitrogens with one attached hydrogen (secondary N) is 1. The van der Waals surface area contributed by atoms with Crippen LogP contribution in [0.2, 0.25) is 0 Å². The molecular weight excluding hydrogens is 384 g/mol. The number of benzene rings is 2. The first-order valence-electron chi connectivity index (χ1n) is 10.4. The van der Waals surface area contributed by atoms with Crippen molar-refractivity contribution in [3.63, 3.8) is 0 Å². The molecule has 29 heavy (non-hydrogen) atoms. The number of rotatable bonds is 7. The molecule has 0 spiro atoms. The van der Waals surface area contributed by atoms with E-state index < -0.39 is 10.0 Å². The van der Waals surface area contributed by atoms with Gasteiger partial charge in [-0.2, -0.15) is 4.31 Å². The third-order valence-corrected chi connectivity index (χ3v) is 7.53. The molecule has 3 rings (SSSR count). The smallest absolute Gasteiger partial charge is 0.243 e. The Balaban J connectivity index is 1.66. The van der Waals surface area contributed by atoms with Crippen molar-refractivity contribution in [2.45, 2.75) is 56.8 Å². The number of anilines is 1. The minimum Gasteiger partial charge on any atom is -0.326 e. The normalized spacial score (nSPS) is 16.3. The molecular formula is C23H30N2O3S. The highest BCUT2D eigenvalue weighted by Crippen LogP contribution is 2.27. The molecule has 6 heteroatoms. The summed E-state index contributed by atoms with van der Waals surface area (Å²) in [6.07, 6.45) is 4.12. The number of carbonyl (C=O) groups excluding carboxylic acids is 1. The molecule has 0 aliphatic carbocycles. The Labute approximate surface area is 174 Å². The molecule has 1 N–H and O–H groups in total. The lowest BCUT2D eigenvalue weighted by Crippen LogP contribution is -2.35. The molecule has 1 aliphatic rings. The monoisotopic (exact) mass is 414 g/mol. The van der Waals surface area contributed by atoms with Crippen molar-refractivity contribution in [2.24, 2.45) is 0 Å². The summed E-state index contributed by atoms with van der Waals surface area (Å²) in [7, 11) is -3.44. The third-order valence-electron chi connectivity index (χ3n) is 5.62. The Morgan fingerprint density at radius 3 is 2.34 bits per heavy atom. The van der Waals surface area contributed by atoms with E-state index in [0.717, 1.165) is 42.5 Å². The summed E-state index contributed by atoms with van der Waals surface area (Å²) in [5, 5.41) is 3.01. The number of hydrogen-bond donors (Lipinski definition) is 1. The molecule has 1 fully saturated rings. The van der Waals surface area contributed by atoms with Crippen molar-refractivity contribution < 1.29 is 13.2 Å². The Bertz CT molecular complexity index is 933. The largest absolute Gasteiger partial charge is 0.326 e. The molecule has 0 unspecified atom stereocenters. The molecule has 2 aromatic carbocycles. The van der Waals surface area contributed by atoms with Gasteiger partial charge in [-0.3, -0.25) is 4.79 Å². The van der Waals surface area contributed by atoms with Crippen LogP contribution in [0.5, 0.6) is 0 Å². The number of hydrogen-bond acceptors (Lipinski definition) is 3. The van der Waals surface area contributed by atoms with Gasteiger partial charge in [0.15, 0.2) is 0 Å². The predicted octanol–water partition coefficient (Wildman–Crippen LogP) is 4.56. The molecule has 1 aliphatic heterocycles. The first-order chi connectivity index (χ1) is 13.9. The van der Waals surface area contributed by atoms with Gasteiger partial charge in [-0.25, -0.2) is 8.42 Å². The standard InChI is InChI=1S/C23H30N2O3S/c1-3-18(2)21-9-5-6-10-22(21)24-23(26)17-19-11-13-20(14-12-19)29(27,28)25-15-7-4-8-16-25/h5-6,9-14,18H,3-4,7-8,15-17H2,1-2H3,(H,24,26)/t18-/m0/s1. The summed E-state index contributed by atoms with van der Waals surface area (Å²) in [6, 6.07) is 14.6. The highest BCUT2D eigenvalue weighted by Gasteiger charge is 2.25. The zero-order valence-electron chi connectivity index (χ0n) is 17.2. The summed E-state index contributed by atoms with van der Waals surface area (Å²) in [4.78, 5) is 12.8. The molecule has 1 saturated heterocycles. The number of piperidine rings is 1. The molecule has 1 atom stereocenters. The number of carbonyl (C=O) groups is 1. The molecule has 1 amide bonds. The maximum Gasteiger partial charge on any atom is 0.243 e. The zero-order chi connectivity index (χ0) is 20.9. The number of amides is 1. The van der Waals surface area contributed by atoms with E-state index in [0.29, 0.717) is 23.9 Å². The van der Waals surface area contributed by atoms with Crippen molar-refractivity contribution in [1.82, 2.24) is 4.31 Å². The lowest BCUT2D eigenvalue weighted by Gasteiger charge is -2.25. The molecule has 1 heterocycles. The first-order valence-corrected chi connectivity index (χ1v) is 11.8. The predicted molar refractivity (Wildman–Crippen MR) is 117 cm³/mol. The lowest BCUT2D eigenvalue weighted by atomic mass is 9.97. The SMILES string of the molecule is CC[C@H](C)c1ccccc1NC(=O)Cc1ccc(S(=O)(=O)N2CCCCC2)cc1. The van der Waals surface area contributed by atoms with Gasteiger partial charge < -0.3 is 5.32 Å². The number of para-hydroxylation sites is 1. The highest BCUT2D eigenvalue weighted by atomic mass is 32.2. The van der Waals surface area contributed by atoms with Crippen LogP contribution >= 0.6 is 0 Å². The molecule has 0 bridgehead atoms. The molecule has 2 aromatic rings. The van der Waals surface area contributed by atoms with Crippen LogP contribution in [0.1, 0.15) is 56.6 Å². The van der Waals surface area contributed by atoms with Crippen LogP contribution < -0.4 is 5.32 Å². The van der Waals surface area contributed by atoms with Gasteiger partial charge in [0.25, 0.3) is 0 Å². The summed E-state index contributed by atoms with van der Waals surface area (Å²) < 4.78 is 27.0. The maximum atomic E-state index is 12.7. The van der Waals surface area contributed by atoms with Crippen LogP contribution in [-0.2, 0) is 21.2 Å². The van der Waals surface area contributed by atoms with E-state index in [1.807, 2.05) is 24.3 Å². The van der Waals surface area contributed by atoms with Crippen LogP contribution in [0.3, 0.4) is 0 Å². The van der Waals surface area contributed by atoms with E-state index in [4.69, 9.17) is 0 Å². The van der Waals surface area contributed by atoms with Gasteiger partial charge in [-0.1, -0.05) is 50.6 Å². The van der Waals surface area contributed by atoms with Crippen LogP contribution in [-0.4, -0.2) is 31.7 Å².